The SMILES string of the molecule is COc1nc(C(=C[C@H]2CCC(=O)N2)c2ccc(SC)cc2)ccc1C1CC1. The van der Waals surface area contributed by atoms with E-state index in [4.69, 9.17) is 9.72 Å². The molecule has 4 nitrogen and oxygen atoms in total. The van der Waals surface area contributed by atoms with Gasteiger partial charge in [-0.1, -0.05) is 24.3 Å². The van der Waals surface area contributed by atoms with Gasteiger partial charge >= 0.3 is 0 Å². The number of thioether (sulfide) groups is 1. The summed E-state index contributed by atoms with van der Waals surface area (Å²) in [5.74, 6) is 1.42. The van der Waals surface area contributed by atoms with Crippen molar-refractivity contribution in [1.29, 1.82) is 0 Å². The Bertz CT molecular complexity index is 872. The molecule has 1 saturated carbocycles. The van der Waals surface area contributed by atoms with E-state index < -0.39 is 0 Å². The highest BCUT2D eigenvalue weighted by atomic mass is 32.2. The number of rotatable bonds is 6. The predicted molar refractivity (Wildman–Crippen MR) is 109 cm³/mol. The van der Waals surface area contributed by atoms with Crippen LogP contribution in [0.1, 0.15) is 48.4 Å². The van der Waals surface area contributed by atoms with E-state index in [1.165, 1.54) is 23.3 Å². The van der Waals surface area contributed by atoms with Gasteiger partial charge in [-0.25, -0.2) is 4.98 Å². The first kappa shape index (κ1) is 18.1. The molecule has 5 heteroatoms. The fourth-order valence-electron chi connectivity index (χ4n) is 3.53. The molecule has 0 unspecified atom stereocenters. The summed E-state index contributed by atoms with van der Waals surface area (Å²) in [7, 11) is 1.69. The highest BCUT2D eigenvalue weighted by Gasteiger charge is 2.28. The van der Waals surface area contributed by atoms with Crippen LogP contribution in [-0.4, -0.2) is 30.3 Å². The van der Waals surface area contributed by atoms with Crippen molar-refractivity contribution in [2.75, 3.05) is 13.4 Å². The van der Waals surface area contributed by atoms with Gasteiger partial charge in [-0.05, 0) is 55.2 Å². The third kappa shape index (κ3) is 4.03. The van der Waals surface area contributed by atoms with E-state index >= 15 is 0 Å². The zero-order chi connectivity index (χ0) is 18.8. The van der Waals surface area contributed by atoms with Gasteiger partial charge in [0, 0.05) is 28.5 Å². The summed E-state index contributed by atoms with van der Waals surface area (Å²) in [6.45, 7) is 0. The number of nitrogens with one attached hydrogen (secondary N) is 1. The molecule has 2 aliphatic rings. The lowest BCUT2D eigenvalue weighted by Crippen LogP contribution is -2.23. The molecule has 1 aliphatic heterocycles. The molecule has 1 aromatic heterocycles. The Morgan fingerprint density at radius 2 is 1.96 bits per heavy atom. The number of hydrogen-bond donors (Lipinski definition) is 1. The van der Waals surface area contributed by atoms with Gasteiger partial charge in [-0.3, -0.25) is 4.79 Å². The fraction of sp³-hybridized carbons (Fsp3) is 0.364. The Kier molecular flexibility index (Phi) is 5.21. The summed E-state index contributed by atoms with van der Waals surface area (Å²) >= 11 is 1.72. The summed E-state index contributed by atoms with van der Waals surface area (Å²) in [5.41, 5.74) is 4.22. The van der Waals surface area contributed by atoms with Crippen molar-refractivity contribution in [2.24, 2.45) is 0 Å². The van der Waals surface area contributed by atoms with E-state index in [1.54, 1.807) is 18.9 Å². The minimum atomic E-state index is 0.0450. The molecule has 1 saturated heterocycles. The first-order valence-electron chi connectivity index (χ1n) is 9.39. The van der Waals surface area contributed by atoms with Crippen molar-refractivity contribution >= 4 is 23.2 Å². The summed E-state index contributed by atoms with van der Waals surface area (Å²) < 4.78 is 5.59. The van der Waals surface area contributed by atoms with Gasteiger partial charge in [0.1, 0.15) is 0 Å². The van der Waals surface area contributed by atoms with E-state index in [0.717, 1.165) is 29.1 Å². The van der Waals surface area contributed by atoms with Crippen LogP contribution >= 0.6 is 11.8 Å². The lowest BCUT2D eigenvalue weighted by atomic mass is 9.98. The molecule has 140 valence electrons. The number of methoxy groups -OCH3 is 1. The van der Waals surface area contributed by atoms with E-state index in [-0.39, 0.29) is 11.9 Å². The highest BCUT2D eigenvalue weighted by molar-refractivity contribution is 7.98. The maximum absolute atomic E-state index is 11.6. The summed E-state index contributed by atoms with van der Waals surface area (Å²) in [6, 6.07) is 12.8. The molecule has 1 N–H and O–H groups in total. The van der Waals surface area contributed by atoms with Crippen LogP contribution in [0.4, 0.5) is 0 Å². The third-order valence-corrected chi connectivity index (χ3v) is 5.92. The standard InChI is InChI=1S/C22H24N2O2S/c1-26-22-18(14-3-4-14)10-11-20(24-22)19(13-16-7-12-21(25)23-16)15-5-8-17(27-2)9-6-15/h5-6,8-11,13-14,16H,3-4,7,12H2,1-2H3,(H,23,25)/t16-/m1/s1. The normalized spacial score (nSPS) is 19.9. The minimum Gasteiger partial charge on any atom is -0.481 e. The molecule has 27 heavy (non-hydrogen) atoms. The maximum atomic E-state index is 11.6. The number of ether oxygens (including phenoxy) is 1. The van der Waals surface area contributed by atoms with E-state index in [1.807, 2.05) is 0 Å². The topological polar surface area (TPSA) is 51.2 Å². The molecule has 2 heterocycles. The Morgan fingerprint density at radius 1 is 1.19 bits per heavy atom. The third-order valence-electron chi connectivity index (χ3n) is 5.17. The molecular formula is C22H24N2O2S. The molecular weight excluding hydrogens is 356 g/mol. The minimum absolute atomic E-state index is 0.0450. The van der Waals surface area contributed by atoms with Crippen LogP contribution in [-0.2, 0) is 4.79 Å². The first-order valence-corrected chi connectivity index (χ1v) is 10.6. The van der Waals surface area contributed by atoms with Crippen LogP contribution in [0.5, 0.6) is 5.88 Å². The van der Waals surface area contributed by atoms with Crippen molar-refractivity contribution in [3.05, 3.63) is 59.3 Å². The second-order valence-corrected chi connectivity index (χ2v) is 7.97. The van der Waals surface area contributed by atoms with Crippen molar-refractivity contribution in [3.8, 4) is 5.88 Å². The zero-order valence-corrected chi connectivity index (χ0v) is 16.5. The number of carbonyl (C=O) groups excluding carboxylic acids is 1. The average Bonchev–Trinajstić information content (AvgIpc) is 3.47. The number of hydrogen-bond acceptors (Lipinski definition) is 4. The highest BCUT2D eigenvalue weighted by Crippen LogP contribution is 2.44. The zero-order valence-electron chi connectivity index (χ0n) is 15.7. The molecule has 1 atom stereocenters. The Balaban J connectivity index is 1.74. The van der Waals surface area contributed by atoms with Crippen LogP contribution in [0.2, 0.25) is 0 Å². The van der Waals surface area contributed by atoms with Gasteiger partial charge in [0.05, 0.1) is 12.8 Å². The number of carbonyl (C=O) groups is 1. The smallest absolute Gasteiger partial charge is 0.220 e. The number of pyridine rings is 1. The lowest BCUT2D eigenvalue weighted by molar-refractivity contribution is -0.119. The molecule has 2 fully saturated rings. The summed E-state index contributed by atoms with van der Waals surface area (Å²) in [6.07, 6.45) is 8.04. The Morgan fingerprint density at radius 3 is 2.56 bits per heavy atom. The second-order valence-electron chi connectivity index (χ2n) is 7.09. The van der Waals surface area contributed by atoms with Crippen molar-refractivity contribution < 1.29 is 9.53 Å². The molecule has 1 aliphatic carbocycles. The van der Waals surface area contributed by atoms with Crippen LogP contribution in [0, 0.1) is 0 Å². The van der Waals surface area contributed by atoms with Gasteiger partial charge in [0.2, 0.25) is 11.8 Å². The predicted octanol–water partition coefficient (Wildman–Crippen LogP) is 4.40. The summed E-state index contributed by atoms with van der Waals surface area (Å²) in [5, 5.41) is 3.04. The van der Waals surface area contributed by atoms with Crippen LogP contribution < -0.4 is 10.1 Å². The molecule has 0 radical (unpaired) electrons. The van der Waals surface area contributed by atoms with E-state index in [9.17, 15) is 4.79 Å². The van der Waals surface area contributed by atoms with Crippen LogP contribution in [0.3, 0.4) is 0 Å². The molecule has 1 aromatic carbocycles. The van der Waals surface area contributed by atoms with Gasteiger partial charge in [0.15, 0.2) is 0 Å². The molecule has 0 spiro atoms. The second kappa shape index (κ2) is 7.77. The van der Waals surface area contributed by atoms with Gasteiger partial charge in [-0.15, -0.1) is 11.8 Å². The van der Waals surface area contributed by atoms with Gasteiger partial charge in [-0.2, -0.15) is 0 Å². The van der Waals surface area contributed by atoms with Crippen molar-refractivity contribution in [3.63, 3.8) is 0 Å². The van der Waals surface area contributed by atoms with E-state index in [0.29, 0.717) is 12.3 Å². The summed E-state index contributed by atoms with van der Waals surface area (Å²) in [4.78, 5) is 17.7. The number of benzene rings is 1. The Labute approximate surface area is 164 Å². The van der Waals surface area contributed by atoms with Crippen LogP contribution in [0.25, 0.3) is 5.57 Å². The Hall–Kier alpha value is -2.27. The average molecular weight is 381 g/mol. The van der Waals surface area contributed by atoms with Crippen molar-refractivity contribution in [1.82, 2.24) is 10.3 Å². The van der Waals surface area contributed by atoms with Crippen LogP contribution in [0.15, 0.2) is 47.4 Å². The van der Waals surface area contributed by atoms with Gasteiger partial charge in [0.25, 0.3) is 0 Å². The maximum Gasteiger partial charge on any atom is 0.220 e. The van der Waals surface area contributed by atoms with Gasteiger partial charge < -0.3 is 10.1 Å². The quantitative estimate of drug-likeness (QED) is 0.755. The lowest BCUT2D eigenvalue weighted by Gasteiger charge is -2.14. The van der Waals surface area contributed by atoms with E-state index in [2.05, 4.69) is 54.0 Å². The molecule has 0 bridgehead atoms. The number of aromatic nitrogens is 1. The molecule has 2 aromatic rings. The largest absolute Gasteiger partial charge is 0.481 e. The first-order chi connectivity index (χ1) is 13.2. The number of nitrogens with zero attached hydrogens (tertiary/aromatic N) is 1. The molecule has 1 amide bonds. The monoisotopic (exact) mass is 380 g/mol. The molecule has 4 rings (SSSR count). The fourth-order valence-corrected chi connectivity index (χ4v) is 3.94. The van der Waals surface area contributed by atoms with Crippen molar-refractivity contribution in [2.45, 2.75) is 42.5 Å². The number of amides is 1.